The summed E-state index contributed by atoms with van der Waals surface area (Å²) in [5.74, 6) is -1.75. The topological polar surface area (TPSA) is 118 Å². The van der Waals surface area contributed by atoms with E-state index in [1.807, 2.05) is 32.6 Å². The van der Waals surface area contributed by atoms with Gasteiger partial charge in [-0.2, -0.15) is 8.42 Å². The molecule has 8 nitrogen and oxygen atoms in total. The van der Waals surface area contributed by atoms with Crippen LogP contribution in [0.3, 0.4) is 0 Å². The van der Waals surface area contributed by atoms with Gasteiger partial charge in [-0.3, -0.25) is 14.4 Å². The van der Waals surface area contributed by atoms with E-state index >= 15 is 0 Å². The highest BCUT2D eigenvalue weighted by Gasteiger charge is 2.49. The third kappa shape index (κ3) is 5.73. The van der Waals surface area contributed by atoms with Crippen LogP contribution in [0.25, 0.3) is 0 Å². The number of benzene rings is 2. The van der Waals surface area contributed by atoms with Crippen molar-refractivity contribution in [3.05, 3.63) is 82.7 Å². The minimum absolute atomic E-state index is 0.0153. The number of carbonyl (C=O) groups is 3. The maximum absolute atomic E-state index is 13.9. The Kier molecular flexibility index (Phi) is 7.22. The molecule has 1 N–H and O–H groups in total. The first-order valence-electron chi connectivity index (χ1n) is 13.8. The first kappa shape index (κ1) is 28.8. The molecule has 0 fully saturated rings. The van der Waals surface area contributed by atoms with Crippen LogP contribution in [0.1, 0.15) is 71.3 Å². The molecule has 2 aromatic carbocycles. The van der Waals surface area contributed by atoms with E-state index in [1.54, 1.807) is 36.4 Å². The maximum Gasteiger partial charge on any atom is 0.339 e. The molecule has 2 aromatic rings. The minimum atomic E-state index is -4.11. The average Bonchev–Trinajstić information content (AvgIpc) is 2.86. The molecule has 0 spiro atoms. The molecule has 0 amide bonds. The van der Waals surface area contributed by atoms with Gasteiger partial charge in [0.15, 0.2) is 11.6 Å². The summed E-state index contributed by atoms with van der Waals surface area (Å²) in [4.78, 5) is 41.3. The van der Waals surface area contributed by atoms with Gasteiger partial charge in [0.2, 0.25) is 0 Å². The SMILES string of the molecule is CC1(C)CC(=O)C2=C(C1)N(CCC(=O)O)C1=C(C(=O)CC(C)(C)C1)C2c1cccc(OS(=O)(=O)c2ccccc2)c1. The van der Waals surface area contributed by atoms with Crippen molar-refractivity contribution in [2.45, 2.75) is 70.6 Å². The van der Waals surface area contributed by atoms with Gasteiger partial charge < -0.3 is 14.2 Å². The van der Waals surface area contributed by atoms with Crippen molar-refractivity contribution in [2.24, 2.45) is 10.8 Å². The number of hydrogen-bond donors (Lipinski definition) is 1. The van der Waals surface area contributed by atoms with Crippen molar-refractivity contribution in [3.8, 4) is 5.75 Å². The molecule has 41 heavy (non-hydrogen) atoms. The molecule has 0 unspecified atom stereocenters. The molecule has 1 heterocycles. The lowest BCUT2D eigenvalue weighted by Crippen LogP contribution is -2.45. The summed E-state index contributed by atoms with van der Waals surface area (Å²) in [7, 11) is -4.11. The second kappa shape index (κ2) is 10.3. The van der Waals surface area contributed by atoms with Crippen molar-refractivity contribution in [1.82, 2.24) is 4.90 Å². The van der Waals surface area contributed by atoms with Crippen molar-refractivity contribution in [2.75, 3.05) is 6.54 Å². The second-order valence-electron chi connectivity index (χ2n) is 12.8. The molecular formula is C32H35NO7S. The Balaban J connectivity index is 1.67. The number of hydrogen-bond acceptors (Lipinski definition) is 7. The zero-order valence-corrected chi connectivity index (χ0v) is 24.6. The third-order valence-electron chi connectivity index (χ3n) is 8.00. The summed E-state index contributed by atoms with van der Waals surface area (Å²) in [6.07, 6.45) is 1.54. The van der Waals surface area contributed by atoms with Gasteiger partial charge >= 0.3 is 16.1 Å². The molecule has 0 saturated heterocycles. The molecule has 0 radical (unpaired) electrons. The molecule has 0 saturated carbocycles. The molecule has 1 aliphatic heterocycles. The summed E-state index contributed by atoms with van der Waals surface area (Å²) < 4.78 is 31.4. The van der Waals surface area contributed by atoms with Crippen LogP contribution in [0.2, 0.25) is 0 Å². The number of Topliss-reactive ketones (excluding diaryl/α,β-unsaturated/α-hetero) is 2. The quantitative estimate of drug-likeness (QED) is 0.422. The van der Waals surface area contributed by atoms with Gasteiger partial charge in [-0.05, 0) is 53.5 Å². The lowest BCUT2D eigenvalue weighted by atomic mass is 9.63. The molecule has 3 aliphatic rings. The molecular weight excluding hydrogens is 542 g/mol. The van der Waals surface area contributed by atoms with E-state index in [0.717, 1.165) is 11.4 Å². The zero-order valence-electron chi connectivity index (χ0n) is 23.8. The summed E-state index contributed by atoms with van der Waals surface area (Å²) in [5, 5.41) is 9.53. The van der Waals surface area contributed by atoms with E-state index < -0.39 is 22.0 Å². The molecule has 0 bridgehead atoms. The molecule has 2 aliphatic carbocycles. The fourth-order valence-corrected chi connectivity index (χ4v) is 7.31. The van der Waals surface area contributed by atoms with Crippen LogP contribution in [0.15, 0.2) is 82.0 Å². The van der Waals surface area contributed by atoms with Gasteiger partial charge in [0.05, 0.1) is 6.42 Å². The van der Waals surface area contributed by atoms with Crippen molar-refractivity contribution >= 4 is 27.7 Å². The Labute approximate surface area is 240 Å². The van der Waals surface area contributed by atoms with Crippen LogP contribution >= 0.6 is 0 Å². The second-order valence-corrected chi connectivity index (χ2v) is 14.3. The molecule has 216 valence electrons. The molecule has 0 atom stereocenters. The number of rotatable bonds is 7. The summed E-state index contributed by atoms with van der Waals surface area (Å²) in [5.41, 5.74) is 2.39. The number of carboxylic acid groups (broad SMARTS) is 1. The highest BCUT2D eigenvalue weighted by Crippen LogP contribution is 2.54. The summed E-state index contributed by atoms with van der Waals surface area (Å²) in [6, 6.07) is 14.4. The van der Waals surface area contributed by atoms with Gasteiger partial charge in [0, 0.05) is 47.8 Å². The predicted molar refractivity (Wildman–Crippen MR) is 152 cm³/mol. The molecule has 5 rings (SSSR count). The van der Waals surface area contributed by atoms with E-state index in [-0.39, 0.29) is 58.8 Å². The van der Waals surface area contributed by atoms with Crippen LogP contribution in [-0.4, -0.2) is 42.5 Å². The van der Waals surface area contributed by atoms with Crippen LogP contribution in [0.4, 0.5) is 0 Å². The van der Waals surface area contributed by atoms with Gasteiger partial charge in [-0.25, -0.2) is 0 Å². The highest BCUT2D eigenvalue weighted by atomic mass is 32.2. The Morgan fingerprint density at radius 1 is 0.878 bits per heavy atom. The van der Waals surface area contributed by atoms with Gasteiger partial charge in [0.1, 0.15) is 10.6 Å². The van der Waals surface area contributed by atoms with E-state index in [4.69, 9.17) is 4.18 Å². The Bertz CT molecular complexity index is 1550. The van der Waals surface area contributed by atoms with Crippen LogP contribution in [0, 0.1) is 10.8 Å². The van der Waals surface area contributed by atoms with E-state index in [2.05, 4.69) is 0 Å². The fourth-order valence-electron chi connectivity index (χ4n) is 6.37. The summed E-state index contributed by atoms with van der Waals surface area (Å²) in [6.45, 7) is 8.22. The Morgan fingerprint density at radius 3 is 1.98 bits per heavy atom. The smallest absolute Gasteiger partial charge is 0.339 e. The van der Waals surface area contributed by atoms with Crippen molar-refractivity contribution in [3.63, 3.8) is 0 Å². The van der Waals surface area contributed by atoms with Crippen LogP contribution in [0.5, 0.6) is 5.75 Å². The normalized spacial score (nSPS) is 20.5. The van der Waals surface area contributed by atoms with Gasteiger partial charge in [-0.1, -0.05) is 58.0 Å². The number of allylic oxidation sites excluding steroid dienone is 4. The number of nitrogens with zero attached hydrogens (tertiary/aromatic N) is 1. The van der Waals surface area contributed by atoms with E-state index in [0.29, 0.717) is 29.6 Å². The number of carbonyl (C=O) groups excluding carboxylic acids is 2. The Hall–Kier alpha value is -3.72. The van der Waals surface area contributed by atoms with Crippen LogP contribution in [-0.2, 0) is 24.5 Å². The largest absolute Gasteiger partial charge is 0.481 e. The number of ketones is 2. The standard InChI is InChI=1S/C32H35NO7S/c1-31(2)16-23-29(25(34)18-31)28(30-24(33(23)14-13-27(36)37)17-32(3,4)19-26(30)35)20-9-8-10-21(15-20)40-41(38,39)22-11-6-5-7-12-22/h5-12,15,28H,13-14,16-19H2,1-4H3,(H,36,37). The highest BCUT2D eigenvalue weighted by molar-refractivity contribution is 7.87. The monoisotopic (exact) mass is 577 g/mol. The first-order valence-corrected chi connectivity index (χ1v) is 15.2. The first-order chi connectivity index (χ1) is 19.2. The van der Waals surface area contributed by atoms with Crippen LogP contribution < -0.4 is 4.18 Å². The lowest BCUT2D eigenvalue weighted by molar-refractivity contribution is -0.137. The minimum Gasteiger partial charge on any atom is -0.481 e. The van der Waals surface area contributed by atoms with Crippen molar-refractivity contribution in [1.29, 1.82) is 0 Å². The summed E-state index contributed by atoms with van der Waals surface area (Å²) >= 11 is 0. The molecule has 9 heteroatoms. The van der Waals surface area contributed by atoms with Gasteiger partial charge in [0.25, 0.3) is 0 Å². The van der Waals surface area contributed by atoms with E-state index in [1.165, 1.54) is 18.2 Å². The zero-order chi connectivity index (χ0) is 29.7. The maximum atomic E-state index is 13.9. The van der Waals surface area contributed by atoms with Crippen molar-refractivity contribution < 1.29 is 32.1 Å². The molecule has 0 aromatic heterocycles. The average molecular weight is 578 g/mol. The van der Waals surface area contributed by atoms with E-state index in [9.17, 15) is 27.9 Å². The number of carboxylic acids is 1. The fraction of sp³-hybridized carbons (Fsp3) is 0.406. The lowest BCUT2D eigenvalue weighted by Gasteiger charge is -2.49. The van der Waals surface area contributed by atoms with Gasteiger partial charge in [-0.15, -0.1) is 0 Å². The number of aliphatic carboxylic acids is 1. The Morgan fingerprint density at radius 2 is 1.44 bits per heavy atom. The predicted octanol–water partition coefficient (Wildman–Crippen LogP) is 5.61. The third-order valence-corrected chi connectivity index (χ3v) is 9.26.